The molecule has 0 aliphatic carbocycles. The van der Waals surface area contributed by atoms with Gasteiger partial charge in [-0.2, -0.15) is 4.98 Å². The third-order valence-electron chi connectivity index (χ3n) is 3.93. The lowest BCUT2D eigenvalue weighted by molar-refractivity contribution is 0.0932. The number of nitrogens with one attached hydrogen (secondary N) is 1. The minimum atomic E-state index is -0.425. The van der Waals surface area contributed by atoms with E-state index in [0.29, 0.717) is 17.3 Å². The van der Waals surface area contributed by atoms with E-state index in [1.165, 1.54) is 0 Å². The first-order valence-electron chi connectivity index (χ1n) is 8.10. The van der Waals surface area contributed by atoms with Gasteiger partial charge in [0.15, 0.2) is 0 Å². The van der Waals surface area contributed by atoms with Gasteiger partial charge < -0.3 is 14.2 Å². The van der Waals surface area contributed by atoms with E-state index in [1.54, 1.807) is 49.8 Å². The van der Waals surface area contributed by atoms with E-state index < -0.39 is 6.04 Å². The van der Waals surface area contributed by atoms with Crippen LogP contribution in [0, 0.1) is 6.92 Å². The first kappa shape index (κ1) is 15.9. The van der Waals surface area contributed by atoms with Crippen molar-refractivity contribution in [2.45, 2.75) is 19.9 Å². The molecule has 0 bridgehead atoms. The van der Waals surface area contributed by atoms with Crippen molar-refractivity contribution in [1.82, 2.24) is 29.8 Å². The number of fused-ring (bicyclic) bond motifs is 1. The Hall–Kier alpha value is -3.55. The van der Waals surface area contributed by atoms with Crippen LogP contribution in [-0.4, -0.2) is 30.4 Å². The predicted molar refractivity (Wildman–Crippen MR) is 93.3 cm³/mol. The van der Waals surface area contributed by atoms with Crippen molar-refractivity contribution in [3.05, 3.63) is 66.2 Å². The van der Waals surface area contributed by atoms with Crippen LogP contribution in [0.1, 0.15) is 34.9 Å². The largest absolute Gasteiger partial charge is 0.340 e. The number of hydrogen-bond donors (Lipinski definition) is 1. The van der Waals surface area contributed by atoms with Crippen LogP contribution in [0.3, 0.4) is 0 Å². The van der Waals surface area contributed by atoms with Crippen LogP contribution >= 0.6 is 0 Å². The number of aryl methyl sites for hydroxylation is 1. The molecule has 1 unspecified atom stereocenters. The van der Waals surface area contributed by atoms with Gasteiger partial charge in [0.1, 0.15) is 11.7 Å². The summed E-state index contributed by atoms with van der Waals surface area (Å²) < 4.78 is 7.10. The molecule has 0 aromatic carbocycles. The summed E-state index contributed by atoms with van der Waals surface area (Å²) in [6, 6.07) is 6.70. The Morgan fingerprint density at radius 2 is 1.96 bits per heavy atom. The van der Waals surface area contributed by atoms with Gasteiger partial charge in [0, 0.05) is 30.4 Å². The Balaban J connectivity index is 1.51. The maximum absolute atomic E-state index is 12.5. The Morgan fingerprint density at radius 1 is 1.15 bits per heavy atom. The standard InChI is InChI=1S/C18H16N6O2/c1-11-9-24-10-14(3-4-15(24)20-11)17(25)21-12(2)18-22-16(23-26-18)13-5-7-19-8-6-13/h3-10,12H,1-2H3,(H,21,25). The van der Waals surface area contributed by atoms with E-state index in [2.05, 4.69) is 25.4 Å². The van der Waals surface area contributed by atoms with Gasteiger partial charge in [-0.25, -0.2) is 4.98 Å². The minimum absolute atomic E-state index is 0.227. The lowest BCUT2D eigenvalue weighted by Crippen LogP contribution is -2.27. The highest BCUT2D eigenvalue weighted by atomic mass is 16.5. The molecule has 0 spiro atoms. The van der Waals surface area contributed by atoms with Crippen molar-refractivity contribution < 1.29 is 9.32 Å². The number of aromatic nitrogens is 5. The van der Waals surface area contributed by atoms with Gasteiger partial charge in [0.05, 0.1) is 11.3 Å². The van der Waals surface area contributed by atoms with Gasteiger partial charge in [-0.1, -0.05) is 5.16 Å². The maximum Gasteiger partial charge on any atom is 0.253 e. The molecule has 1 atom stereocenters. The van der Waals surface area contributed by atoms with E-state index in [-0.39, 0.29) is 5.91 Å². The highest BCUT2D eigenvalue weighted by Crippen LogP contribution is 2.18. The Labute approximate surface area is 148 Å². The van der Waals surface area contributed by atoms with Gasteiger partial charge in [-0.15, -0.1) is 0 Å². The van der Waals surface area contributed by atoms with Crippen molar-refractivity contribution in [2.75, 3.05) is 0 Å². The second kappa shape index (κ2) is 6.40. The SMILES string of the molecule is Cc1cn2cc(C(=O)NC(C)c3nc(-c4ccncc4)no3)ccc2n1. The molecule has 4 aromatic rings. The smallest absolute Gasteiger partial charge is 0.253 e. The van der Waals surface area contributed by atoms with Gasteiger partial charge in [-0.05, 0) is 38.1 Å². The van der Waals surface area contributed by atoms with Crippen LogP contribution in [0.4, 0.5) is 0 Å². The second-order valence-electron chi connectivity index (χ2n) is 5.95. The molecule has 1 N–H and O–H groups in total. The fourth-order valence-electron chi connectivity index (χ4n) is 2.62. The zero-order chi connectivity index (χ0) is 18.1. The Morgan fingerprint density at radius 3 is 2.77 bits per heavy atom. The fourth-order valence-corrected chi connectivity index (χ4v) is 2.62. The highest BCUT2D eigenvalue weighted by Gasteiger charge is 2.18. The number of carbonyl (C=O) groups is 1. The fraction of sp³-hybridized carbons (Fsp3) is 0.167. The van der Waals surface area contributed by atoms with E-state index in [4.69, 9.17) is 4.52 Å². The van der Waals surface area contributed by atoms with Gasteiger partial charge in [-0.3, -0.25) is 9.78 Å². The molecule has 0 saturated heterocycles. The van der Waals surface area contributed by atoms with Crippen molar-refractivity contribution >= 4 is 11.6 Å². The number of amides is 1. The molecule has 4 heterocycles. The topological polar surface area (TPSA) is 98.2 Å². The number of pyridine rings is 2. The molecule has 0 radical (unpaired) electrons. The molecule has 0 aliphatic heterocycles. The van der Waals surface area contributed by atoms with Crippen LogP contribution in [0.2, 0.25) is 0 Å². The molecule has 4 aromatic heterocycles. The van der Waals surface area contributed by atoms with Crippen molar-refractivity contribution in [1.29, 1.82) is 0 Å². The summed E-state index contributed by atoms with van der Waals surface area (Å²) in [5.74, 6) is 0.568. The molecular formula is C18H16N6O2. The van der Waals surface area contributed by atoms with Gasteiger partial charge in [0.2, 0.25) is 11.7 Å². The lowest BCUT2D eigenvalue weighted by Gasteiger charge is -2.09. The number of carbonyl (C=O) groups excluding carboxylic acids is 1. The van der Waals surface area contributed by atoms with Crippen LogP contribution in [0.15, 0.2) is 53.6 Å². The minimum Gasteiger partial charge on any atom is -0.340 e. The molecule has 8 heteroatoms. The molecule has 130 valence electrons. The first-order valence-corrected chi connectivity index (χ1v) is 8.10. The molecule has 8 nitrogen and oxygen atoms in total. The molecular weight excluding hydrogens is 332 g/mol. The summed E-state index contributed by atoms with van der Waals surface area (Å²) in [5, 5.41) is 6.82. The number of rotatable bonds is 4. The zero-order valence-electron chi connectivity index (χ0n) is 14.2. The number of hydrogen-bond acceptors (Lipinski definition) is 6. The third kappa shape index (κ3) is 3.04. The average Bonchev–Trinajstić information content (AvgIpc) is 3.27. The van der Waals surface area contributed by atoms with Crippen LogP contribution in [0.5, 0.6) is 0 Å². The van der Waals surface area contributed by atoms with E-state index in [0.717, 1.165) is 16.9 Å². The van der Waals surface area contributed by atoms with Crippen molar-refractivity contribution in [3.63, 3.8) is 0 Å². The third-order valence-corrected chi connectivity index (χ3v) is 3.93. The number of nitrogens with zero attached hydrogens (tertiary/aromatic N) is 5. The van der Waals surface area contributed by atoms with Crippen molar-refractivity contribution in [3.8, 4) is 11.4 Å². The molecule has 1 amide bonds. The van der Waals surface area contributed by atoms with E-state index >= 15 is 0 Å². The Kier molecular flexibility index (Phi) is 3.92. The Bertz CT molecular complexity index is 1070. The summed E-state index contributed by atoms with van der Waals surface area (Å²) in [7, 11) is 0. The van der Waals surface area contributed by atoms with Gasteiger partial charge in [0.25, 0.3) is 5.91 Å². The molecule has 4 rings (SSSR count). The summed E-state index contributed by atoms with van der Waals surface area (Å²) in [4.78, 5) is 25.2. The van der Waals surface area contributed by atoms with E-state index in [9.17, 15) is 4.79 Å². The van der Waals surface area contributed by atoms with E-state index in [1.807, 2.05) is 17.5 Å². The summed E-state index contributed by atoms with van der Waals surface area (Å²) in [6.45, 7) is 3.70. The predicted octanol–water partition coefficient (Wildman–Crippen LogP) is 2.58. The number of imidazole rings is 1. The highest BCUT2D eigenvalue weighted by molar-refractivity contribution is 5.94. The second-order valence-corrected chi connectivity index (χ2v) is 5.95. The summed E-state index contributed by atoms with van der Waals surface area (Å²) in [5.41, 5.74) is 3.02. The molecule has 0 aliphatic rings. The first-order chi connectivity index (χ1) is 12.6. The average molecular weight is 348 g/mol. The summed E-state index contributed by atoms with van der Waals surface area (Å²) in [6.07, 6.45) is 6.93. The lowest BCUT2D eigenvalue weighted by atomic mass is 10.2. The quantitative estimate of drug-likeness (QED) is 0.609. The molecule has 0 fully saturated rings. The van der Waals surface area contributed by atoms with Gasteiger partial charge >= 0.3 is 0 Å². The maximum atomic E-state index is 12.5. The molecule has 0 saturated carbocycles. The monoisotopic (exact) mass is 348 g/mol. The molecule has 26 heavy (non-hydrogen) atoms. The van der Waals surface area contributed by atoms with Crippen LogP contribution in [0.25, 0.3) is 17.0 Å². The summed E-state index contributed by atoms with van der Waals surface area (Å²) >= 11 is 0. The van der Waals surface area contributed by atoms with Crippen molar-refractivity contribution in [2.24, 2.45) is 0 Å². The van der Waals surface area contributed by atoms with Crippen LogP contribution in [-0.2, 0) is 0 Å². The van der Waals surface area contributed by atoms with Crippen LogP contribution < -0.4 is 5.32 Å². The normalized spacial score (nSPS) is 12.2. The zero-order valence-corrected chi connectivity index (χ0v) is 14.2.